The first-order valence-corrected chi connectivity index (χ1v) is 10.3. The molecule has 27 heavy (non-hydrogen) atoms. The molecule has 0 aromatic heterocycles. The third kappa shape index (κ3) is 5.24. The minimum absolute atomic E-state index is 0.0318. The van der Waals surface area contributed by atoms with Gasteiger partial charge in [-0.2, -0.15) is 8.78 Å². The van der Waals surface area contributed by atoms with E-state index in [9.17, 15) is 26.8 Å². The zero-order valence-electron chi connectivity index (χ0n) is 15.2. The molecule has 0 heterocycles. The van der Waals surface area contributed by atoms with E-state index in [0.717, 1.165) is 43.5 Å². The predicted octanol–water partition coefficient (Wildman–Crippen LogP) is 2.78. The molecule has 9 heteroatoms. The van der Waals surface area contributed by atoms with Gasteiger partial charge in [-0.05, 0) is 42.5 Å². The maximum Gasteiger partial charge on any atom is 0.341 e. The number of amides is 1. The minimum Gasteiger partial charge on any atom is -0.452 e. The van der Waals surface area contributed by atoms with E-state index in [2.05, 4.69) is 19.2 Å². The molecule has 1 amide bonds. The van der Waals surface area contributed by atoms with Crippen LogP contribution in [0.5, 0.6) is 0 Å². The highest BCUT2D eigenvalue weighted by atomic mass is 32.2. The van der Waals surface area contributed by atoms with Crippen LogP contribution in [-0.4, -0.2) is 38.7 Å². The number of carbonyl (C=O) groups is 2. The lowest BCUT2D eigenvalue weighted by atomic mass is 9.78. The van der Waals surface area contributed by atoms with E-state index in [1.54, 1.807) is 0 Å². The molecular weight excluding hydrogens is 380 g/mol. The van der Waals surface area contributed by atoms with E-state index in [1.807, 2.05) is 0 Å². The average Bonchev–Trinajstić information content (AvgIpc) is 2.63. The number of alkyl halides is 2. The summed E-state index contributed by atoms with van der Waals surface area (Å²) in [5.74, 6) is -3.94. The Kier molecular flexibility index (Phi) is 6.91. The number of hydrogen-bond acceptors (Lipinski definition) is 5. The maximum absolute atomic E-state index is 12.5. The summed E-state index contributed by atoms with van der Waals surface area (Å²) in [6, 6.07) is 3.99. The summed E-state index contributed by atoms with van der Waals surface area (Å²) in [7, 11) is -4.72. The van der Waals surface area contributed by atoms with Crippen molar-refractivity contribution in [2.24, 2.45) is 11.8 Å². The summed E-state index contributed by atoms with van der Waals surface area (Å²) in [6.07, 6.45) is 3.04. The van der Waals surface area contributed by atoms with E-state index >= 15 is 0 Å². The second-order valence-electron chi connectivity index (χ2n) is 6.85. The smallest absolute Gasteiger partial charge is 0.341 e. The molecule has 1 fully saturated rings. The van der Waals surface area contributed by atoms with Crippen LogP contribution in [0, 0.1) is 11.8 Å². The molecule has 0 aliphatic heterocycles. The number of nitrogens with one attached hydrogen (secondary N) is 1. The van der Waals surface area contributed by atoms with Crippen molar-refractivity contribution in [2.45, 2.75) is 49.8 Å². The SMILES string of the molecule is C[C@@H]1[C@H](C)CCC[C@@H]1NC(=O)COC(=O)c1ccc(S(=O)(=O)C(F)F)cc1. The van der Waals surface area contributed by atoms with Crippen molar-refractivity contribution in [3.63, 3.8) is 0 Å². The van der Waals surface area contributed by atoms with Crippen molar-refractivity contribution < 1.29 is 31.5 Å². The third-order valence-corrected chi connectivity index (χ3v) is 6.44. The Balaban J connectivity index is 1.89. The molecule has 1 aromatic carbocycles. The Morgan fingerprint density at radius 2 is 1.81 bits per heavy atom. The monoisotopic (exact) mass is 403 g/mol. The van der Waals surface area contributed by atoms with Gasteiger partial charge in [-0.25, -0.2) is 13.2 Å². The Bertz CT molecular complexity index is 779. The van der Waals surface area contributed by atoms with E-state index in [-0.39, 0.29) is 11.6 Å². The van der Waals surface area contributed by atoms with Crippen molar-refractivity contribution in [3.05, 3.63) is 29.8 Å². The number of benzene rings is 1. The molecule has 1 aliphatic carbocycles. The van der Waals surface area contributed by atoms with Crippen LogP contribution in [0.1, 0.15) is 43.5 Å². The number of sulfone groups is 1. The Morgan fingerprint density at radius 3 is 2.41 bits per heavy atom. The van der Waals surface area contributed by atoms with Crippen LogP contribution in [-0.2, 0) is 19.4 Å². The molecule has 0 radical (unpaired) electrons. The van der Waals surface area contributed by atoms with Gasteiger partial charge in [-0.15, -0.1) is 0 Å². The van der Waals surface area contributed by atoms with Gasteiger partial charge in [0.2, 0.25) is 9.84 Å². The molecule has 0 unspecified atom stereocenters. The number of esters is 1. The lowest BCUT2D eigenvalue weighted by molar-refractivity contribution is -0.125. The number of carbonyl (C=O) groups excluding carboxylic acids is 2. The lowest BCUT2D eigenvalue weighted by Gasteiger charge is -2.34. The summed E-state index contributed by atoms with van der Waals surface area (Å²) >= 11 is 0. The normalized spacial score (nSPS) is 23.1. The van der Waals surface area contributed by atoms with E-state index < -0.39 is 39.0 Å². The van der Waals surface area contributed by atoms with Gasteiger partial charge in [0.1, 0.15) is 0 Å². The molecule has 0 saturated heterocycles. The van der Waals surface area contributed by atoms with Gasteiger partial charge in [0.25, 0.3) is 5.91 Å². The minimum atomic E-state index is -4.72. The first kappa shape index (κ1) is 21.3. The van der Waals surface area contributed by atoms with Gasteiger partial charge in [0.05, 0.1) is 10.5 Å². The lowest BCUT2D eigenvalue weighted by Crippen LogP contribution is -2.45. The highest BCUT2D eigenvalue weighted by Gasteiger charge is 2.29. The van der Waals surface area contributed by atoms with Crippen LogP contribution in [0.2, 0.25) is 0 Å². The average molecular weight is 403 g/mol. The van der Waals surface area contributed by atoms with Gasteiger partial charge in [0, 0.05) is 6.04 Å². The van der Waals surface area contributed by atoms with Crippen LogP contribution in [0.15, 0.2) is 29.2 Å². The Hall–Kier alpha value is -2.03. The van der Waals surface area contributed by atoms with Crippen LogP contribution in [0.4, 0.5) is 8.78 Å². The highest BCUT2D eigenvalue weighted by Crippen LogP contribution is 2.29. The highest BCUT2D eigenvalue weighted by molar-refractivity contribution is 7.91. The van der Waals surface area contributed by atoms with Crippen LogP contribution in [0.3, 0.4) is 0 Å². The molecule has 6 nitrogen and oxygen atoms in total. The Morgan fingerprint density at radius 1 is 1.19 bits per heavy atom. The van der Waals surface area contributed by atoms with Crippen molar-refractivity contribution in [3.8, 4) is 0 Å². The molecule has 2 rings (SSSR count). The van der Waals surface area contributed by atoms with Crippen molar-refractivity contribution in [2.75, 3.05) is 6.61 Å². The molecular formula is C18H23F2NO5S. The number of rotatable bonds is 6. The van der Waals surface area contributed by atoms with E-state index in [4.69, 9.17) is 4.74 Å². The fraction of sp³-hybridized carbons (Fsp3) is 0.556. The van der Waals surface area contributed by atoms with Crippen molar-refractivity contribution >= 4 is 21.7 Å². The molecule has 1 N–H and O–H groups in total. The first-order chi connectivity index (χ1) is 12.6. The molecule has 3 atom stereocenters. The predicted molar refractivity (Wildman–Crippen MR) is 94.0 cm³/mol. The molecule has 0 spiro atoms. The van der Waals surface area contributed by atoms with Crippen LogP contribution in [0.25, 0.3) is 0 Å². The second-order valence-corrected chi connectivity index (χ2v) is 8.77. The van der Waals surface area contributed by atoms with Gasteiger partial charge < -0.3 is 10.1 Å². The molecule has 0 bridgehead atoms. The quantitative estimate of drug-likeness (QED) is 0.738. The van der Waals surface area contributed by atoms with Gasteiger partial charge in [-0.3, -0.25) is 4.79 Å². The maximum atomic E-state index is 12.5. The number of halogens is 2. The van der Waals surface area contributed by atoms with Gasteiger partial charge >= 0.3 is 11.7 Å². The summed E-state index contributed by atoms with van der Waals surface area (Å²) in [5, 5.41) is 2.87. The number of hydrogen-bond donors (Lipinski definition) is 1. The Labute approximate surface area is 157 Å². The zero-order chi connectivity index (χ0) is 20.2. The van der Waals surface area contributed by atoms with Gasteiger partial charge in [-0.1, -0.05) is 26.7 Å². The molecule has 1 aromatic rings. The standard InChI is InChI=1S/C18H23F2NO5S/c1-11-4-3-5-15(12(11)2)21-16(22)10-26-17(23)13-6-8-14(9-7-13)27(24,25)18(19)20/h6-9,11-12,15,18H,3-5,10H2,1-2H3,(H,21,22)/t11-,12-,15+/m1/s1. The first-order valence-electron chi connectivity index (χ1n) is 8.71. The third-order valence-electron chi connectivity index (χ3n) is 5.04. The summed E-state index contributed by atoms with van der Waals surface area (Å²) in [4.78, 5) is 23.4. The molecule has 1 aliphatic rings. The summed E-state index contributed by atoms with van der Waals surface area (Å²) < 4.78 is 52.6. The summed E-state index contributed by atoms with van der Waals surface area (Å²) in [5.41, 5.74) is -0.0318. The largest absolute Gasteiger partial charge is 0.452 e. The van der Waals surface area contributed by atoms with E-state index in [0.29, 0.717) is 11.8 Å². The number of ether oxygens (including phenoxy) is 1. The van der Waals surface area contributed by atoms with Crippen LogP contribution >= 0.6 is 0 Å². The second kappa shape index (κ2) is 8.77. The van der Waals surface area contributed by atoms with Crippen molar-refractivity contribution in [1.29, 1.82) is 0 Å². The van der Waals surface area contributed by atoms with Crippen LogP contribution < -0.4 is 5.32 Å². The molecule has 1 saturated carbocycles. The van der Waals surface area contributed by atoms with Gasteiger partial charge in [0.15, 0.2) is 6.61 Å². The summed E-state index contributed by atoms with van der Waals surface area (Å²) in [6.45, 7) is 3.75. The van der Waals surface area contributed by atoms with E-state index in [1.165, 1.54) is 0 Å². The fourth-order valence-corrected chi connectivity index (χ4v) is 3.85. The fourth-order valence-electron chi connectivity index (χ4n) is 3.13. The topological polar surface area (TPSA) is 89.5 Å². The zero-order valence-corrected chi connectivity index (χ0v) is 16.0. The van der Waals surface area contributed by atoms with Crippen molar-refractivity contribution in [1.82, 2.24) is 5.32 Å². The molecule has 150 valence electrons.